The summed E-state index contributed by atoms with van der Waals surface area (Å²) in [6.45, 7) is 4.68. The average Bonchev–Trinajstić information content (AvgIpc) is 3.56. The van der Waals surface area contributed by atoms with Gasteiger partial charge in [0.25, 0.3) is 5.91 Å². The van der Waals surface area contributed by atoms with Gasteiger partial charge < -0.3 is 10.6 Å². The van der Waals surface area contributed by atoms with Crippen LogP contribution < -0.4 is 10.6 Å². The third-order valence-corrected chi connectivity index (χ3v) is 5.76. The summed E-state index contributed by atoms with van der Waals surface area (Å²) in [7, 11) is 0. The van der Waals surface area contributed by atoms with Crippen molar-refractivity contribution in [1.82, 2.24) is 20.1 Å². The number of pyridine rings is 1. The van der Waals surface area contributed by atoms with Crippen molar-refractivity contribution in [1.29, 1.82) is 0 Å². The second kappa shape index (κ2) is 7.87. The molecule has 1 amide bonds. The molecule has 0 saturated heterocycles. The van der Waals surface area contributed by atoms with Gasteiger partial charge in [-0.15, -0.1) is 0 Å². The van der Waals surface area contributed by atoms with Crippen LogP contribution in [-0.2, 0) is 6.54 Å². The molecule has 0 unspecified atom stereocenters. The lowest BCUT2D eigenvalue weighted by molar-refractivity contribution is 0.0952. The van der Waals surface area contributed by atoms with E-state index in [4.69, 9.17) is 10.1 Å². The molecule has 0 spiro atoms. The zero-order valence-corrected chi connectivity index (χ0v) is 17.7. The number of carbonyl (C=O) groups is 1. The van der Waals surface area contributed by atoms with Crippen molar-refractivity contribution in [3.63, 3.8) is 0 Å². The van der Waals surface area contributed by atoms with E-state index >= 15 is 0 Å². The Morgan fingerprint density at radius 2 is 1.81 bits per heavy atom. The van der Waals surface area contributed by atoms with Crippen LogP contribution in [0.25, 0.3) is 16.6 Å². The molecular formula is C25H25N5O. The number of aromatic nitrogens is 3. The minimum absolute atomic E-state index is 0.0339. The highest BCUT2D eigenvalue weighted by molar-refractivity contribution is 6.07. The molecule has 2 N–H and O–H groups in total. The highest BCUT2D eigenvalue weighted by atomic mass is 16.1. The summed E-state index contributed by atoms with van der Waals surface area (Å²) in [6.07, 6.45) is 2.12. The lowest BCUT2D eigenvalue weighted by atomic mass is 10.1. The first-order valence-electron chi connectivity index (χ1n) is 10.6. The first kappa shape index (κ1) is 19.3. The zero-order valence-electron chi connectivity index (χ0n) is 17.7. The number of benzene rings is 2. The molecule has 2 aromatic carbocycles. The van der Waals surface area contributed by atoms with Gasteiger partial charge in [0.15, 0.2) is 0 Å². The van der Waals surface area contributed by atoms with Crippen molar-refractivity contribution < 1.29 is 4.79 Å². The number of hydrogen-bond donors (Lipinski definition) is 2. The van der Waals surface area contributed by atoms with E-state index in [0.29, 0.717) is 24.0 Å². The van der Waals surface area contributed by atoms with E-state index < -0.39 is 0 Å². The molecule has 5 rings (SSSR count). The summed E-state index contributed by atoms with van der Waals surface area (Å²) in [5.41, 5.74) is 5.69. The van der Waals surface area contributed by atoms with Crippen LogP contribution in [-0.4, -0.2) is 26.7 Å². The first-order valence-corrected chi connectivity index (χ1v) is 10.6. The van der Waals surface area contributed by atoms with E-state index in [1.165, 1.54) is 0 Å². The minimum atomic E-state index is -0.0339. The summed E-state index contributed by atoms with van der Waals surface area (Å²) in [4.78, 5) is 17.6. The number of fused-ring (bicyclic) bond motifs is 1. The van der Waals surface area contributed by atoms with Crippen LogP contribution in [0.5, 0.6) is 0 Å². The van der Waals surface area contributed by atoms with Gasteiger partial charge in [-0.05, 0) is 51.0 Å². The van der Waals surface area contributed by atoms with Crippen LogP contribution in [0, 0.1) is 13.8 Å². The Labute approximate surface area is 181 Å². The Morgan fingerprint density at radius 1 is 1.06 bits per heavy atom. The Hall–Kier alpha value is -3.67. The topological polar surface area (TPSA) is 71.8 Å². The Kier molecular flexibility index (Phi) is 4.90. The number of nitrogens with zero attached hydrogens (tertiary/aromatic N) is 3. The molecule has 0 atom stereocenters. The summed E-state index contributed by atoms with van der Waals surface area (Å²) in [5, 5.41) is 12.1. The van der Waals surface area contributed by atoms with Gasteiger partial charge in [-0.3, -0.25) is 4.79 Å². The summed E-state index contributed by atoms with van der Waals surface area (Å²) >= 11 is 0. The van der Waals surface area contributed by atoms with Crippen LogP contribution >= 0.6 is 0 Å². The van der Waals surface area contributed by atoms with Gasteiger partial charge in [-0.2, -0.15) is 5.10 Å². The van der Waals surface area contributed by atoms with Gasteiger partial charge in [0, 0.05) is 29.2 Å². The molecular weight excluding hydrogens is 386 g/mol. The number of rotatable bonds is 6. The second-order valence-electron chi connectivity index (χ2n) is 8.07. The van der Waals surface area contributed by atoms with Crippen molar-refractivity contribution in [3.05, 3.63) is 83.2 Å². The normalized spacial score (nSPS) is 13.4. The molecule has 1 saturated carbocycles. The van der Waals surface area contributed by atoms with Crippen molar-refractivity contribution in [2.75, 3.05) is 5.32 Å². The van der Waals surface area contributed by atoms with Crippen LogP contribution in [0.3, 0.4) is 0 Å². The van der Waals surface area contributed by atoms with Gasteiger partial charge in [0.05, 0.1) is 22.5 Å². The Bertz CT molecular complexity index is 1260. The molecule has 0 radical (unpaired) electrons. The van der Waals surface area contributed by atoms with E-state index in [-0.39, 0.29) is 5.91 Å². The maximum atomic E-state index is 12.8. The highest BCUT2D eigenvalue weighted by Crippen LogP contribution is 2.25. The van der Waals surface area contributed by atoms with Crippen LogP contribution in [0.1, 0.15) is 40.2 Å². The molecule has 1 aliphatic rings. The molecule has 0 bridgehead atoms. The molecule has 6 heteroatoms. The summed E-state index contributed by atoms with van der Waals surface area (Å²) in [6, 6.07) is 20.1. The Morgan fingerprint density at radius 3 is 2.58 bits per heavy atom. The van der Waals surface area contributed by atoms with Crippen molar-refractivity contribution in [2.45, 2.75) is 39.3 Å². The fourth-order valence-electron chi connectivity index (χ4n) is 3.87. The van der Waals surface area contributed by atoms with Gasteiger partial charge in [0.1, 0.15) is 5.82 Å². The summed E-state index contributed by atoms with van der Waals surface area (Å²) < 4.78 is 1.97. The van der Waals surface area contributed by atoms with Crippen molar-refractivity contribution in [2.24, 2.45) is 0 Å². The first-order chi connectivity index (χ1) is 15.1. The van der Waals surface area contributed by atoms with Gasteiger partial charge in [-0.1, -0.05) is 36.4 Å². The lowest BCUT2D eigenvalue weighted by Gasteiger charge is -2.12. The average molecular weight is 412 g/mol. The third-order valence-electron chi connectivity index (χ3n) is 5.76. The van der Waals surface area contributed by atoms with Crippen molar-refractivity contribution in [3.8, 4) is 5.69 Å². The van der Waals surface area contributed by atoms with Crippen molar-refractivity contribution >= 4 is 22.6 Å². The summed E-state index contributed by atoms with van der Waals surface area (Å²) in [5.74, 6) is 0.652. The monoisotopic (exact) mass is 411 g/mol. The molecule has 4 aromatic rings. The van der Waals surface area contributed by atoms with E-state index in [1.807, 2.05) is 72.3 Å². The third kappa shape index (κ3) is 3.89. The van der Waals surface area contributed by atoms with Crippen LogP contribution in [0.4, 0.5) is 5.82 Å². The minimum Gasteiger partial charge on any atom is -0.366 e. The maximum absolute atomic E-state index is 12.8. The van der Waals surface area contributed by atoms with E-state index in [0.717, 1.165) is 46.4 Å². The van der Waals surface area contributed by atoms with Gasteiger partial charge in [0.2, 0.25) is 0 Å². The number of anilines is 1. The van der Waals surface area contributed by atoms with Crippen LogP contribution in [0.15, 0.2) is 60.7 Å². The fourth-order valence-corrected chi connectivity index (χ4v) is 3.87. The van der Waals surface area contributed by atoms with Gasteiger partial charge >= 0.3 is 0 Å². The number of aryl methyl sites for hydroxylation is 1. The predicted molar refractivity (Wildman–Crippen MR) is 123 cm³/mol. The molecule has 31 heavy (non-hydrogen) atoms. The van der Waals surface area contributed by atoms with E-state index in [1.54, 1.807) is 0 Å². The van der Waals surface area contributed by atoms with Crippen LogP contribution in [0.2, 0.25) is 0 Å². The van der Waals surface area contributed by atoms with E-state index in [9.17, 15) is 4.79 Å². The fraction of sp³-hybridized carbons (Fsp3) is 0.240. The highest BCUT2D eigenvalue weighted by Gasteiger charge is 2.25. The quantitative estimate of drug-likeness (QED) is 0.489. The number of carbonyl (C=O) groups excluding carboxylic acids is 1. The molecule has 1 aliphatic carbocycles. The standard InChI is InChI=1S/C25H25N5O/c1-16-22(17(2)30(29-16)19-8-4-3-5-9-19)15-26-24-14-21(25(31)27-18-12-13-18)20-10-6-7-11-23(20)28-24/h3-11,14,18H,12-13,15H2,1-2H3,(H,26,28)(H,27,31). The molecule has 0 aliphatic heterocycles. The molecule has 2 heterocycles. The van der Waals surface area contributed by atoms with E-state index in [2.05, 4.69) is 17.6 Å². The number of para-hydroxylation sites is 2. The lowest BCUT2D eigenvalue weighted by Crippen LogP contribution is -2.25. The second-order valence-corrected chi connectivity index (χ2v) is 8.07. The molecule has 1 fully saturated rings. The molecule has 2 aromatic heterocycles. The largest absolute Gasteiger partial charge is 0.366 e. The zero-order chi connectivity index (χ0) is 21.4. The smallest absolute Gasteiger partial charge is 0.252 e. The number of hydrogen-bond acceptors (Lipinski definition) is 4. The van der Waals surface area contributed by atoms with Gasteiger partial charge in [-0.25, -0.2) is 9.67 Å². The molecule has 156 valence electrons. The molecule has 6 nitrogen and oxygen atoms in total. The number of amides is 1. The number of nitrogens with one attached hydrogen (secondary N) is 2. The Balaban J connectivity index is 1.44. The maximum Gasteiger partial charge on any atom is 0.252 e. The predicted octanol–water partition coefficient (Wildman–Crippen LogP) is 4.54. The SMILES string of the molecule is Cc1nn(-c2ccccc2)c(C)c1CNc1cc(C(=O)NC2CC2)c2ccccc2n1.